The molecule has 0 radical (unpaired) electrons. The second kappa shape index (κ2) is 7.85. The zero-order valence-corrected chi connectivity index (χ0v) is 15.3. The average molecular weight is 404 g/mol. The number of hydrogen-bond acceptors (Lipinski definition) is 0. The Bertz CT molecular complexity index is 582. The van der Waals surface area contributed by atoms with Crippen LogP contribution in [0.4, 0.5) is 0 Å². The summed E-state index contributed by atoms with van der Waals surface area (Å²) in [5.74, 6) is 0. The zero-order chi connectivity index (χ0) is 14.3. The van der Waals surface area contributed by atoms with Gasteiger partial charge in [-0.15, -0.1) is 0 Å². The van der Waals surface area contributed by atoms with Gasteiger partial charge in [0.05, 0.1) is 0 Å². The van der Waals surface area contributed by atoms with Crippen LogP contribution in [0.15, 0.2) is 66.4 Å². The van der Waals surface area contributed by atoms with Crippen molar-refractivity contribution in [3.63, 3.8) is 0 Å². The normalized spacial score (nSPS) is 16.2. The molecule has 0 amide bonds. The van der Waals surface area contributed by atoms with Gasteiger partial charge in [0.1, 0.15) is 0 Å². The topological polar surface area (TPSA) is 0 Å². The van der Waals surface area contributed by atoms with E-state index in [0.29, 0.717) is 29.9 Å². The van der Waals surface area contributed by atoms with Crippen molar-refractivity contribution in [2.75, 3.05) is 0 Å². The van der Waals surface area contributed by atoms with E-state index in [1.54, 1.807) is 0 Å². The van der Waals surface area contributed by atoms with Gasteiger partial charge in [-0.2, -0.15) is 0 Å². The van der Waals surface area contributed by atoms with Crippen molar-refractivity contribution in [3.05, 3.63) is 77.5 Å². The predicted molar refractivity (Wildman–Crippen MR) is 93.6 cm³/mol. The third kappa shape index (κ3) is 4.24. The van der Waals surface area contributed by atoms with Crippen molar-refractivity contribution in [3.8, 4) is 0 Å². The van der Waals surface area contributed by atoms with Gasteiger partial charge in [-0.3, -0.25) is 0 Å². The van der Waals surface area contributed by atoms with Crippen LogP contribution in [-0.2, 0) is 0 Å². The molecule has 21 heavy (non-hydrogen) atoms. The Labute approximate surface area is 139 Å². The summed E-state index contributed by atoms with van der Waals surface area (Å²) in [7, 11) is 0. The van der Waals surface area contributed by atoms with E-state index >= 15 is 0 Å². The number of hydrogen-bond donors (Lipinski definition) is 0. The quantitative estimate of drug-likeness (QED) is 0.503. The molecule has 3 rings (SSSR count). The predicted octanol–water partition coefficient (Wildman–Crippen LogP) is 4.71. The minimum absolute atomic E-state index is 0.543. The molecule has 2 aromatic carbocycles. The zero-order valence-electron chi connectivity index (χ0n) is 11.9. The standard InChI is InChI=1S/C19H18Se2/c1-3-9-16(10-4-1)18-15-19(17-11-5-2-6-12-17)21-14-8-7-13-20-18/h1-6,9-12H,7-8,13-14H2. The van der Waals surface area contributed by atoms with Crippen molar-refractivity contribution >= 4 is 38.9 Å². The van der Waals surface area contributed by atoms with Crippen LogP contribution in [-0.4, -0.2) is 29.9 Å². The summed E-state index contributed by atoms with van der Waals surface area (Å²) in [6.07, 6.45) is 2.75. The molecule has 2 heteroatoms. The van der Waals surface area contributed by atoms with E-state index in [-0.39, 0.29) is 0 Å². The first kappa shape index (κ1) is 14.9. The molecule has 0 atom stereocenters. The van der Waals surface area contributed by atoms with Crippen LogP contribution in [0.1, 0.15) is 24.0 Å². The van der Waals surface area contributed by atoms with Crippen LogP contribution in [0, 0.1) is 0 Å². The molecule has 106 valence electrons. The molecule has 1 aliphatic rings. The Kier molecular flexibility index (Phi) is 5.58. The monoisotopic (exact) mass is 406 g/mol. The van der Waals surface area contributed by atoms with E-state index in [0.717, 1.165) is 0 Å². The molecule has 2 aromatic rings. The molecule has 0 saturated carbocycles. The summed E-state index contributed by atoms with van der Waals surface area (Å²) >= 11 is 1.09. The van der Waals surface area contributed by atoms with Gasteiger partial charge < -0.3 is 0 Å². The Hall–Kier alpha value is -1.00. The third-order valence-corrected chi connectivity index (χ3v) is 8.03. The molecule has 1 heterocycles. The average Bonchev–Trinajstić information content (AvgIpc) is 2.68. The minimum atomic E-state index is 0.543. The molecule has 1 aliphatic heterocycles. The SMILES string of the molecule is C1=C(c2ccccc2)[Se]CCCC[Se]C=1c1ccccc1. The van der Waals surface area contributed by atoms with Crippen molar-refractivity contribution in [1.29, 1.82) is 0 Å². The van der Waals surface area contributed by atoms with E-state index in [1.807, 2.05) is 0 Å². The van der Waals surface area contributed by atoms with E-state index in [9.17, 15) is 0 Å². The fraction of sp³-hybridized carbons (Fsp3) is 0.211. The molecule has 0 fully saturated rings. The van der Waals surface area contributed by atoms with Gasteiger partial charge in [-0.1, -0.05) is 0 Å². The van der Waals surface area contributed by atoms with E-state index in [2.05, 4.69) is 66.4 Å². The molecule has 0 aliphatic carbocycles. The van der Waals surface area contributed by atoms with Gasteiger partial charge in [-0.25, -0.2) is 0 Å². The fourth-order valence-corrected chi connectivity index (χ4v) is 6.87. The molecule has 0 N–H and O–H groups in total. The molecule has 0 nitrogen and oxygen atoms in total. The summed E-state index contributed by atoms with van der Waals surface area (Å²) in [4.78, 5) is 0. The number of benzene rings is 2. The summed E-state index contributed by atoms with van der Waals surface area (Å²) in [6, 6.07) is 21.7. The van der Waals surface area contributed by atoms with Crippen LogP contribution in [0.3, 0.4) is 0 Å². The molecule has 0 unspecified atom stereocenters. The van der Waals surface area contributed by atoms with Gasteiger partial charge in [0, 0.05) is 0 Å². The summed E-state index contributed by atoms with van der Waals surface area (Å²) in [5, 5.41) is 2.70. The van der Waals surface area contributed by atoms with E-state index in [4.69, 9.17) is 0 Å². The van der Waals surface area contributed by atoms with Crippen molar-refractivity contribution in [2.45, 2.75) is 23.5 Å². The van der Waals surface area contributed by atoms with Crippen LogP contribution in [0.5, 0.6) is 0 Å². The first-order chi connectivity index (χ1) is 10.4. The fourth-order valence-electron chi connectivity index (χ4n) is 2.22. The van der Waals surface area contributed by atoms with Gasteiger partial charge in [0.25, 0.3) is 0 Å². The number of rotatable bonds is 2. The molecule has 0 bridgehead atoms. The molecule has 0 spiro atoms. The van der Waals surface area contributed by atoms with Gasteiger partial charge in [0.15, 0.2) is 0 Å². The van der Waals surface area contributed by atoms with Crippen LogP contribution >= 0.6 is 0 Å². The Morgan fingerprint density at radius 2 is 1.05 bits per heavy atom. The maximum atomic E-state index is 3.82. The van der Waals surface area contributed by atoms with Crippen molar-refractivity contribution < 1.29 is 0 Å². The Morgan fingerprint density at radius 3 is 1.48 bits per heavy atom. The molecule has 0 saturated heterocycles. The first-order valence-electron chi connectivity index (χ1n) is 7.31. The summed E-state index contributed by atoms with van der Waals surface area (Å²) in [6.45, 7) is 0. The molecular weight excluding hydrogens is 386 g/mol. The second-order valence-corrected chi connectivity index (χ2v) is 9.56. The van der Waals surface area contributed by atoms with Crippen LogP contribution in [0.2, 0.25) is 10.6 Å². The first-order valence-corrected chi connectivity index (χ1v) is 11.4. The van der Waals surface area contributed by atoms with E-state index in [1.165, 1.54) is 43.6 Å². The van der Waals surface area contributed by atoms with E-state index < -0.39 is 0 Å². The van der Waals surface area contributed by atoms with Gasteiger partial charge >= 0.3 is 140 Å². The Balaban J connectivity index is 2.08. The Morgan fingerprint density at radius 1 is 0.619 bits per heavy atom. The van der Waals surface area contributed by atoms with Gasteiger partial charge in [-0.05, 0) is 0 Å². The molecular formula is C19H18Se2. The maximum absolute atomic E-state index is 3.82. The van der Waals surface area contributed by atoms with Crippen LogP contribution in [0.25, 0.3) is 8.94 Å². The van der Waals surface area contributed by atoms with Crippen molar-refractivity contribution in [2.24, 2.45) is 0 Å². The summed E-state index contributed by atoms with van der Waals surface area (Å²) in [5.41, 5.74) is 6.55. The van der Waals surface area contributed by atoms with Crippen molar-refractivity contribution in [1.82, 2.24) is 0 Å². The summed E-state index contributed by atoms with van der Waals surface area (Å²) < 4.78 is 2.90. The van der Waals surface area contributed by atoms with Gasteiger partial charge in [0.2, 0.25) is 0 Å². The van der Waals surface area contributed by atoms with Crippen LogP contribution < -0.4 is 0 Å². The second-order valence-electron chi connectivity index (χ2n) is 4.92. The third-order valence-electron chi connectivity index (χ3n) is 3.33. The molecule has 0 aromatic heterocycles.